The van der Waals surface area contributed by atoms with Gasteiger partial charge in [0.25, 0.3) is 0 Å². The molecular formula is C13H20N2O2. The molecular weight excluding hydrogens is 216 g/mol. The summed E-state index contributed by atoms with van der Waals surface area (Å²) in [6.45, 7) is 8.04. The third-order valence-corrected chi connectivity index (χ3v) is 3.38. The maximum absolute atomic E-state index is 12.4. The van der Waals surface area contributed by atoms with Crippen LogP contribution < -0.4 is 0 Å². The molecule has 1 atom stereocenters. The Balaban J connectivity index is 2.26. The fourth-order valence-electron chi connectivity index (χ4n) is 2.72. The predicted octanol–water partition coefficient (Wildman–Crippen LogP) is 2.20. The van der Waals surface area contributed by atoms with E-state index in [0.29, 0.717) is 5.56 Å². The van der Waals surface area contributed by atoms with Crippen LogP contribution in [0.5, 0.6) is 0 Å². The molecule has 1 aliphatic rings. The normalized spacial score (nSPS) is 26.1. The van der Waals surface area contributed by atoms with Crippen molar-refractivity contribution in [3.63, 3.8) is 0 Å². The number of Topliss-reactive ketones (excluding diaryl/α,β-unsaturated/α-hetero) is 1. The highest BCUT2D eigenvalue weighted by Crippen LogP contribution is 2.43. The van der Waals surface area contributed by atoms with Crippen LogP contribution in [-0.2, 0) is 11.8 Å². The van der Waals surface area contributed by atoms with E-state index in [2.05, 4.69) is 5.10 Å². The molecule has 4 heteroatoms. The van der Waals surface area contributed by atoms with E-state index in [1.54, 1.807) is 17.1 Å². The van der Waals surface area contributed by atoms with E-state index in [-0.39, 0.29) is 17.3 Å². The molecule has 17 heavy (non-hydrogen) atoms. The number of carbonyl (C=O) groups excluding carboxylic acids is 1. The van der Waals surface area contributed by atoms with Gasteiger partial charge in [-0.1, -0.05) is 0 Å². The molecule has 4 nitrogen and oxygen atoms in total. The highest BCUT2D eigenvalue weighted by atomic mass is 16.5. The molecule has 2 heterocycles. The SMILES string of the molecule is Cn1cc(C(=O)C2CC(C)(C)OC2(C)C)cn1. The zero-order valence-electron chi connectivity index (χ0n) is 11.2. The summed E-state index contributed by atoms with van der Waals surface area (Å²) in [5.74, 6) is 0.0374. The Kier molecular flexibility index (Phi) is 2.65. The number of aryl methyl sites for hydroxylation is 1. The van der Waals surface area contributed by atoms with E-state index in [4.69, 9.17) is 4.74 Å². The summed E-state index contributed by atoms with van der Waals surface area (Å²) < 4.78 is 7.60. The van der Waals surface area contributed by atoms with Crippen molar-refractivity contribution >= 4 is 5.78 Å². The van der Waals surface area contributed by atoms with Crippen LogP contribution in [-0.4, -0.2) is 26.8 Å². The maximum atomic E-state index is 12.4. The van der Waals surface area contributed by atoms with Crippen LogP contribution in [0.3, 0.4) is 0 Å². The molecule has 0 aromatic carbocycles. The van der Waals surface area contributed by atoms with Crippen molar-refractivity contribution in [1.82, 2.24) is 9.78 Å². The molecule has 1 aliphatic heterocycles. The molecule has 1 unspecified atom stereocenters. The molecule has 0 bridgehead atoms. The number of hydrogen-bond acceptors (Lipinski definition) is 3. The van der Waals surface area contributed by atoms with E-state index in [9.17, 15) is 4.79 Å². The van der Waals surface area contributed by atoms with Crippen LogP contribution in [0.4, 0.5) is 0 Å². The Bertz CT molecular complexity index is 446. The largest absolute Gasteiger partial charge is 0.369 e. The van der Waals surface area contributed by atoms with Crippen molar-refractivity contribution < 1.29 is 9.53 Å². The minimum atomic E-state index is -0.406. The van der Waals surface area contributed by atoms with E-state index >= 15 is 0 Å². The zero-order valence-corrected chi connectivity index (χ0v) is 11.2. The number of ether oxygens (including phenoxy) is 1. The average molecular weight is 236 g/mol. The fourth-order valence-corrected chi connectivity index (χ4v) is 2.72. The second kappa shape index (κ2) is 3.67. The first-order valence-corrected chi connectivity index (χ1v) is 5.94. The maximum Gasteiger partial charge on any atom is 0.172 e. The van der Waals surface area contributed by atoms with E-state index in [1.807, 2.05) is 34.7 Å². The van der Waals surface area contributed by atoms with Crippen molar-refractivity contribution in [1.29, 1.82) is 0 Å². The second-order valence-corrected chi connectivity index (χ2v) is 5.99. The van der Waals surface area contributed by atoms with Gasteiger partial charge in [0.15, 0.2) is 5.78 Å². The van der Waals surface area contributed by atoms with E-state index in [1.165, 1.54) is 0 Å². The lowest BCUT2D eigenvalue weighted by Gasteiger charge is -2.26. The monoisotopic (exact) mass is 236 g/mol. The Morgan fingerprint density at radius 1 is 1.47 bits per heavy atom. The van der Waals surface area contributed by atoms with Crippen LogP contribution >= 0.6 is 0 Å². The molecule has 1 fully saturated rings. The van der Waals surface area contributed by atoms with Gasteiger partial charge in [-0.15, -0.1) is 0 Å². The van der Waals surface area contributed by atoms with Crippen LogP contribution in [0, 0.1) is 5.92 Å². The number of carbonyl (C=O) groups is 1. The molecule has 0 amide bonds. The second-order valence-electron chi connectivity index (χ2n) is 5.99. The smallest absolute Gasteiger partial charge is 0.172 e. The van der Waals surface area contributed by atoms with Crippen LogP contribution in [0.2, 0.25) is 0 Å². The van der Waals surface area contributed by atoms with Crippen molar-refractivity contribution in [3.8, 4) is 0 Å². The van der Waals surface area contributed by atoms with Crippen molar-refractivity contribution in [2.24, 2.45) is 13.0 Å². The Morgan fingerprint density at radius 2 is 2.12 bits per heavy atom. The van der Waals surface area contributed by atoms with Crippen LogP contribution in [0.25, 0.3) is 0 Å². The average Bonchev–Trinajstić information content (AvgIpc) is 2.66. The quantitative estimate of drug-likeness (QED) is 0.739. The summed E-state index contributed by atoms with van der Waals surface area (Å²) in [6.07, 6.45) is 4.15. The number of nitrogens with zero attached hydrogens (tertiary/aromatic N) is 2. The van der Waals surface area contributed by atoms with Gasteiger partial charge in [0.2, 0.25) is 0 Å². The van der Waals surface area contributed by atoms with Crippen LogP contribution in [0.1, 0.15) is 44.5 Å². The standard InChI is InChI=1S/C13H20N2O2/c1-12(2)6-10(13(3,4)17-12)11(16)9-7-14-15(5)8-9/h7-8,10H,6H2,1-5H3. The molecule has 1 aromatic rings. The third-order valence-electron chi connectivity index (χ3n) is 3.38. The lowest BCUT2D eigenvalue weighted by atomic mass is 9.82. The van der Waals surface area contributed by atoms with Crippen molar-refractivity contribution in [2.75, 3.05) is 0 Å². The summed E-state index contributed by atoms with van der Waals surface area (Å²) in [5.41, 5.74) is 0.0366. The molecule has 0 N–H and O–H groups in total. The Labute approximate surface area is 102 Å². The van der Waals surface area contributed by atoms with Gasteiger partial charge in [-0.2, -0.15) is 5.10 Å². The summed E-state index contributed by atoms with van der Waals surface area (Å²) in [4.78, 5) is 12.4. The third kappa shape index (κ3) is 2.27. The number of aromatic nitrogens is 2. The lowest BCUT2D eigenvalue weighted by Crippen LogP contribution is -2.33. The zero-order chi connectivity index (χ0) is 12.8. The first-order valence-electron chi connectivity index (χ1n) is 5.94. The molecule has 0 aliphatic carbocycles. The predicted molar refractivity (Wildman–Crippen MR) is 64.9 cm³/mol. The molecule has 0 saturated carbocycles. The fraction of sp³-hybridized carbons (Fsp3) is 0.692. The molecule has 1 aromatic heterocycles. The van der Waals surface area contributed by atoms with E-state index < -0.39 is 5.60 Å². The first-order chi connectivity index (χ1) is 7.71. The molecule has 1 saturated heterocycles. The highest BCUT2D eigenvalue weighted by molar-refractivity contribution is 5.98. The molecule has 2 rings (SSSR count). The molecule has 0 radical (unpaired) electrons. The van der Waals surface area contributed by atoms with Gasteiger partial charge in [0.05, 0.1) is 28.9 Å². The highest BCUT2D eigenvalue weighted by Gasteiger charge is 2.49. The van der Waals surface area contributed by atoms with Gasteiger partial charge in [-0.25, -0.2) is 0 Å². The number of rotatable bonds is 2. The minimum absolute atomic E-state index is 0.0956. The van der Waals surface area contributed by atoms with Crippen LogP contribution in [0.15, 0.2) is 12.4 Å². The first kappa shape index (κ1) is 12.3. The summed E-state index contributed by atoms with van der Waals surface area (Å²) in [5, 5.41) is 4.05. The van der Waals surface area contributed by atoms with Crippen molar-refractivity contribution in [3.05, 3.63) is 18.0 Å². The summed E-state index contributed by atoms with van der Waals surface area (Å²) >= 11 is 0. The Hall–Kier alpha value is -1.16. The molecule has 94 valence electrons. The minimum Gasteiger partial charge on any atom is -0.369 e. The lowest BCUT2D eigenvalue weighted by molar-refractivity contribution is -0.0712. The van der Waals surface area contributed by atoms with E-state index in [0.717, 1.165) is 6.42 Å². The topological polar surface area (TPSA) is 44.1 Å². The Morgan fingerprint density at radius 3 is 2.53 bits per heavy atom. The van der Waals surface area contributed by atoms with Gasteiger partial charge < -0.3 is 4.74 Å². The number of ketones is 1. The summed E-state index contributed by atoms with van der Waals surface area (Å²) in [7, 11) is 1.82. The van der Waals surface area contributed by atoms with Gasteiger partial charge in [-0.05, 0) is 34.1 Å². The number of hydrogen-bond donors (Lipinski definition) is 0. The van der Waals surface area contributed by atoms with Gasteiger partial charge >= 0.3 is 0 Å². The van der Waals surface area contributed by atoms with Gasteiger partial charge in [-0.3, -0.25) is 9.48 Å². The van der Waals surface area contributed by atoms with Gasteiger partial charge in [0.1, 0.15) is 0 Å². The van der Waals surface area contributed by atoms with Crippen molar-refractivity contribution in [2.45, 2.75) is 45.3 Å². The van der Waals surface area contributed by atoms with Gasteiger partial charge in [0, 0.05) is 13.2 Å². The molecule has 0 spiro atoms. The summed E-state index contributed by atoms with van der Waals surface area (Å²) in [6, 6.07) is 0.